The fourth-order valence-electron chi connectivity index (χ4n) is 3.40. The van der Waals surface area contributed by atoms with E-state index in [2.05, 4.69) is 10.2 Å². The molecule has 0 spiro atoms. The lowest BCUT2D eigenvalue weighted by atomic mass is 9.96. The fourth-order valence-corrected chi connectivity index (χ4v) is 3.60. The van der Waals surface area contributed by atoms with Crippen LogP contribution in [0.25, 0.3) is 0 Å². The van der Waals surface area contributed by atoms with E-state index in [1.165, 1.54) is 18.2 Å². The van der Waals surface area contributed by atoms with Gasteiger partial charge in [-0.15, -0.1) is 0 Å². The van der Waals surface area contributed by atoms with Gasteiger partial charge in [-0.05, 0) is 49.5 Å². The maximum Gasteiger partial charge on any atom is 0.270 e. The monoisotopic (exact) mass is 402 g/mol. The predicted octanol–water partition coefficient (Wildman–Crippen LogP) is 3.47. The number of nitrogens with one attached hydrogen (secondary N) is 1. The van der Waals surface area contributed by atoms with E-state index >= 15 is 0 Å². The highest BCUT2D eigenvalue weighted by molar-refractivity contribution is 6.31. The summed E-state index contributed by atoms with van der Waals surface area (Å²) >= 11 is 6.23. The number of hydrogen-bond donors (Lipinski definition) is 2. The molecule has 8 heteroatoms. The molecule has 0 atom stereocenters. The minimum Gasteiger partial charge on any atom is -0.398 e. The summed E-state index contributed by atoms with van der Waals surface area (Å²) < 4.78 is 0. The zero-order valence-electron chi connectivity index (χ0n) is 15.4. The van der Waals surface area contributed by atoms with E-state index in [-0.39, 0.29) is 22.8 Å². The molecule has 0 aromatic heterocycles. The third kappa shape index (κ3) is 4.99. The molecular formula is C20H23ClN4O3. The molecule has 0 aliphatic carbocycles. The molecule has 3 rings (SSSR count). The van der Waals surface area contributed by atoms with Gasteiger partial charge in [0.15, 0.2) is 0 Å². The zero-order valence-corrected chi connectivity index (χ0v) is 16.2. The molecule has 148 valence electrons. The van der Waals surface area contributed by atoms with E-state index in [1.54, 1.807) is 0 Å². The van der Waals surface area contributed by atoms with Crippen LogP contribution >= 0.6 is 11.6 Å². The second kappa shape index (κ2) is 9.03. The molecule has 1 aliphatic rings. The van der Waals surface area contributed by atoms with Gasteiger partial charge >= 0.3 is 0 Å². The Hall–Kier alpha value is -2.64. The van der Waals surface area contributed by atoms with Gasteiger partial charge in [-0.25, -0.2) is 0 Å². The van der Waals surface area contributed by atoms with Crippen molar-refractivity contribution >= 4 is 28.9 Å². The molecule has 1 amide bonds. The molecule has 0 radical (unpaired) electrons. The van der Waals surface area contributed by atoms with Crippen LogP contribution in [0.2, 0.25) is 5.02 Å². The maximum atomic E-state index is 12.4. The van der Waals surface area contributed by atoms with Gasteiger partial charge in [0.05, 0.1) is 10.5 Å². The summed E-state index contributed by atoms with van der Waals surface area (Å²) in [6.45, 7) is 3.22. The number of rotatable bonds is 6. The molecular weight excluding hydrogens is 380 g/mol. The average molecular weight is 403 g/mol. The normalized spacial score (nSPS) is 15.3. The number of benzene rings is 2. The number of likely N-dealkylation sites (tertiary alicyclic amines) is 1. The number of nitro benzene ring substituents is 1. The highest BCUT2D eigenvalue weighted by atomic mass is 35.5. The number of piperidine rings is 1. The third-order valence-corrected chi connectivity index (χ3v) is 5.47. The number of non-ortho nitro benzene ring substituents is 1. The van der Waals surface area contributed by atoms with Crippen LogP contribution in [0, 0.1) is 16.0 Å². The van der Waals surface area contributed by atoms with E-state index in [0.717, 1.165) is 43.1 Å². The van der Waals surface area contributed by atoms with Gasteiger partial charge < -0.3 is 11.1 Å². The van der Waals surface area contributed by atoms with Gasteiger partial charge in [-0.3, -0.25) is 19.8 Å². The Morgan fingerprint density at radius 1 is 1.25 bits per heavy atom. The van der Waals surface area contributed by atoms with Crippen molar-refractivity contribution in [1.29, 1.82) is 0 Å². The first kappa shape index (κ1) is 20.1. The molecule has 0 bridgehead atoms. The third-order valence-electron chi connectivity index (χ3n) is 5.10. The van der Waals surface area contributed by atoms with Crippen molar-refractivity contribution in [3.63, 3.8) is 0 Å². The van der Waals surface area contributed by atoms with E-state index in [1.807, 2.05) is 24.3 Å². The molecule has 1 aliphatic heterocycles. The maximum absolute atomic E-state index is 12.4. The van der Waals surface area contributed by atoms with E-state index in [0.29, 0.717) is 12.5 Å². The number of carbonyl (C=O) groups is 1. The summed E-state index contributed by atoms with van der Waals surface area (Å²) in [5.74, 6) is -0.00827. The number of nitro groups is 1. The van der Waals surface area contributed by atoms with Gasteiger partial charge in [0.25, 0.3) is 11.6 Å². The summed E-state index contributed by atoms with van der Waals surface area (Å²) in [7, 11) is 0. The Morgan fingerprint density at radius 2 is 1.96 bits per heavy atom. The first-order chi connectivity index (χ1) is 13.4. The van der Waals surface area contributed by atoms with Crippen LogP contribution in [-0.4, -0.2) is 35.4 Å². The van der Waals surface area contributed by atoms with Crippen molar-refractivity contribution in [1.82, 2.24) is 10.2 Å². The first-order valence-corrected chi connectivity index (χ1v) is 9.59. The van der Waals surface area contributed by atoms with E-state index in [4.69, 9.17) is 17.3 Å². The Balaban J connectivity index is 1.49. The Labute approximate surface area is 168 Å². The van der Waals surface area contributed by atoms with Gasteiger partial charge in [-0.2, -0.15) is 0 Å². The molecule has 1 saturated heterocycles. The minimum atomic E-state index is -0.537. The lowest BCUT2D eigenvalue weighted by Gasteiger charge is -2.32. The molecule has 28 heavy (non-hydrogen) atoms. The van der Waals surface area contributed by atoms with E-state index in [9.17, 15) is 14.9 Å². The molecule has 2 aromatic rings. The van der Waals surface area contributed by atoms with Crippen molar-refractivity contribution in [3.8, 4) is 0 Å². The molecule has 0 unspecified atom stereocenters. The van der Waals surface area contributed by atoms with Crippen LogP contribution in [0.4, 0.5) is 11.4 Å². The van der Waals surface area contributed by atoms with Gasteiger partial charge in [0.1, 0.15) is 0 Å². The van der Waals surface area contributed by atoms with Crippen molar-refractivity contribution in [2.45, 2.75) is 19.4 Å². The highest BCUT2D eigenvalue weighted by Gasteiger charge is 2.21. The Morgan fingerprint density at radius 3 is 2.64 bits per heavy atom. The molecule has 2 aromatic carbocycles. The zero-order chi connectivity index (χ0) is 20.1. The van der Waals surface area contributed by atoms with Crippen LogP contribution in [0.5, 0.6) is 0 Å². The smallest absolute Gasteiger partial charge is 0.270 e. The largest absolute Gasteiger partial charge is 0.398 e. The van der Waals surface area contributed by atoms with Gasteiger partial charge in [0, 0.05) is 35.9 Å². The number of carbonyl (C=O) groups excluding carboxylic acids is 1. The number of nitrogens with zero attached hydrogens (tertiary/aromatic N) is 2. The topological polar surface area (TPSA) is 101 Å². The van der Waals surface area contributed by atoms with Crippen molar-refractivity contribution in [2.24, 2.45) is 5.92 Å². The lowest BCUT2D eigenvalue weighted by Crippen LogP contribution is -2.38. The van der Waals surface area contributed by atoms with Crippen molar-refractivity contribution in [2.75, 3.05) is 25.4 Å². The highest BCUT2D eigenvalue weighted by Crippen LogP contribution is 2.23. The molecule has 3 N–H and O–H groups in total. The van der Waals surface area contributed by atoms with Crippen LogP contribution in [0.3, 0.4) is 0 Å². The minimum absolute atomic E-state index is 0.144. The summed E-state index contributed by atoms with van der Waals surface area (Å²) in [5, 5.41) is 14.5. The Kier molecular flexibility index (Phi) is 6.49. The summed E-state index contributed by atoms with van der Waals surface area (Å²) in [4.78, 5) is 25.1. The van der Waals surface area contributed by atoms with Gasteiger partial charge in [0.2, 0.25) is 0 Å². The first-order valence-electron chi connectivity index (χ1n) is 9.22. The van der Waals surface area contributed by atoms with Crippen LogP contribution in [0.15, 0.2) is 42.5 Å². The number of amides is 1. The Bertz CT molecular complexity index is 866. The number of nitrogen functional groups attached to an aromatic ring is 1. The summed E-state index contributed by atoms with van der Waals surface area (Å²) in [6.07, 6.45) is 1.93. The standard InChI is InChI=1S/C20H23ClN4O3/c21-18-4-2-1-3-15(18)13-24-9-7-14(8-10-24)12-23-20(26)17-11-16(25(27)28)5-6-19(17)22/h1-6,11,14H,7-10,12-13,22H2,(H,23,26). The number of hydrogen-bond acceptors (Lipinski definition) is 5. The van der Waals surface area contributed by atoms with Crippen LogP contribution in [-0.2, 0) is 6.54 Å². The number of anilines is 1. The molecule has 0 saturated carbocycles. The SMILES string of the molecule is Nc1ccc([N+](=O)[O-])cc1C(=O)NCC1CCN(Cc2ccccc2Cl)CC1. The molecule has 1 heterocycles. The second-order valence-corrected chi connectivity index (χ2v) is 7.46. The summed E-state index contributed by atoms with van der Waals surface area (Å²) in [6, 6.07) is 11.8. The van der Waals surface area contributed by atoms with Crippen molar-refractivity contribution in [3.05, 3.63) is 68.7 Å². The van der Waals surface area contributed by atoms with E-state index < -0.39 is 4.92 Å². The average Bonchev–Trinajstić information content (AvgIpc) is 2.69. The quantitative estimate of drug-likeness (QED) is 0.437. The second-order valence-electron chi connectivity index (χ2n) is 7.05. The van der Waals surface area contributed by atoms with Crippen LogP contribution < -0.4 is 11.1 Å². The number of nitrogens with two attached hydrogens (primary N) is 1. The number of halogens is 1. The predicted molar refractivity (Wildman–Crippen MR) is 109 cm³/mol. The summed E-state index contributed by atoms with van der Waals surface area (Å²) in [5.41, 5.74) is 7.16. The van der Waals surface area contributed by atoms with Crippen molar-refractivity contribution < 1.29 is 9.72 Å². The fraction of sp³-hybridized carbons (Fsp3) is 0.350. The molecule has 7 nitrogen and oxygen atoms in total. The van der Waals surface area contributed by atoms with Gasteiger partial charge in [-0.1, -0.05) is 29.8 Å². The lowest BCUT2D eigenvalue weighted by molar-refractivity contribution is -0.384. The molecule has 1 fully saturated rings. The van der Waals surface area contributed by atoms with Crippen LogP contribution in [0.1, 0.15) is 28.8 Å².